The third-order valence-electron chi connectivity index (χ3n) is 3.95. The van der Waals surface area contributed by atoms with Gasteiger partial charge in [0.25, 0.3) is 5.69 Å². The Balaban J connectivity index is 1.97. The second-order valence-corrected chi connectivity index (χ2v) is 5.57. The van der Waals surface area contributed by atoms with E-state index >= 15 is 0 Å². The van der Waals surface area contributed by atoms with Crippen LogP contribution in [-0.4, -0.2) is 17.5 Å². The second kappa shape index (κ2) is 6.15. The minimum absolute atomic E-state index is 0.168. The van der Waals surface area contributed by atoms with E-state index in [2.05, 4.69) is 19.2 Å². The van der Waals surface area contributed by atoms with Crippen molar-refractivity contribution in [3.05, 3.63) is 39.9 Å². The van der Waals surface area contributed by atoms with E-state index in [0.29, 0.717) is 6.04 Å². The molecular weight excluding hydrogens is 240 g/mol. The SMILES string of the molecule is CCCNC(Cc1ccc([N+](=O)[O-])cc1)C1CC1C. The molecule has 1 aliphatic carbocycles. The molecule has 4 heteroatoms. The van der Waals surface area contributed by atoms with E-state index in [4.69, 9.17) is 0 Å². The summed E-state index contributed by atoms with van der Waals surface area (Å²) in [4.78, 5) is 10.3. The lowest BCUT2D eigenvalue weighted by Gasteiger charge is -2.18. The molecule has 2 rings (SSSR count). The van der Waals surface area contributed by atoms with Crippen molar-refractivity contribution in [3.8, 4) is 0 Å². The summed E-state index contributed by atoms with van der Waals surface area (Å²) in [6.45, 7) is 5.51. The van der Waals surface area contributed by atoms with Gasteiger partial charge in [-0.15, -0.1) is 0 Å². The van der Waals surface area contributed by atoms with Gasteiger partial charge in [0, 0.05) is 18.2 Å². The number of nitrogens with one attached hydrogen (secondary N) is 1. The van der Waals surface area contributed by atoms with E-state index in [1.165, 1.54) is 12.0 Å². The van der Waals surface area contributed by atoms with Gasteiger partial charge in [0.1, 0.15) is 0 Å². The fourth-order valence-electron chi connectivity index (χ4n) is 2.62. The Bertz CT molecular complexity index is 430. The number of rotatable bonds is 7. The molecule has 0 heterocycles. The Morgan fingerprint density at radius 1 is 1.42 bits per heavy atom. The predicted molar refractivity (Wildman–Crippen MR) is 76.2 cm³/mol. The second-order valence-electron chi connectivity index (χ2n) is 5.57. The largest absolute Gasteiger partial charge is 0.313 e. The topological polar surface area (TPSA) is 55.2 Å². The third-order valence-corrected chi connectivity index (χ3v) is 3.95. The molecule has 1 saturated carbocycles. The molecule has 19 heavy (non-hydrogen) atoms. The molecular formula is C15H22N2O2. The summed E-state index contributed by atoms with van der Waals surface area (Å²) in [7, 11) is 0. The maximum Gasteiger partial charge on any atom is 0.269 e. The summed E-state index contributed by atoms with van der Waals surface area (Å²) in [5, 5.41) is 14.2. The molecule has 3 atom stereocenters. The number of benzene rings is 1. The van der Waals surface area contributed by atoms with Gasteiger partial charge in [0.2, 0.25) is 0 Å². The first-order valence-corrected chi connectivity index (χ1v) is 7.08. The molecule has 1 aliphatic rings. The first-order valence-electron chi connectivity index (χ1n) is 7.08. The zero-order valence-corrected chi connectivity index (χ0v) is 11.6. The van der Waals surface area contributed by atoms with E-state index in [9.17, 15) is 10.1 Å². The first kappa shape index (κ1) is 14.0. The lowest BCUT2D eigenvalue weighted by atomic mass is 10.0. The molecule has 3 unspecified atom stereocenters. The summed E-state index contributed by atoms with van der Waals surface area (Å²) in [5.41, 5.74) is 1.35. The van der Waals surface area contributed by atoms with Gasteiger partial charge in [-0.2, -0.15) is 0 Å². The fraction of sp³-hybridized carbons (Fsp3) is 0.600. The highest BCUT2D eigenvalue weighted by Gasteiger charge is 2.38. The Labute approximate surface area is 114 Å². The van der Waals surface area contributed by atoms with Gasteiger partial charge in [0.05, 0.1) is 4.92 Å². The summed E-state index contributed by atoms with van der Waals surface area (Å²) in [5.74, 6) is 1.58. The minimum Gasteiger partial charge on any atom is -0.313 e. The van der Waals surface area contributed by atoms with Crippen LogP contribution < -0.4 is 5.32 Å². The molecule has 0 aliphatic heterocycles. The molecule has 0 spiro atoms. The molecule has 1 fully saturated rings. The first-order chi connectivity index (χ1) is 9.11. The lowest BCUT2D eigenvalue weighted by molar-refractivity contribution is -0.384. The quantitative estimate of drug-likeness (QED) is 0.606. The normalized spacial score (nSPS) is 23.1. The molecule has 0 aromatic heterocycles. The van der Waals surface area contributed by atoms with Gasteiger partial charge in [-0.1, -0.05) is 26.0 Å². The van der Waals surface area contributed by atoms with Crippen LogP contribution in [0.25, 0.3) is 0 Å². The van der Waals surface area contributed by atoms with Crippen LogP contribution in [0.15, 0.2) is 24.3 Å². The smallest absolute Gasteiger partial charge is 0.269 e. The zero-order valence-electron chi connectivity index (χ0n) is 11.6. The van der Waals surface area contributed by atoms with E-state index in [0.717, 1.165) is 31.2 Å². The number of nitro groups is 1. The van der Waals surface area contributed by atoms with Gasteiger partial charge < -0.3 is 5.32 Å². The molecule has 1 N–H and O–H groups in total. The predicted octanol–water partition coefficient (Wildman–Crippen LogP) is 3.16. The molecule has 0 bridgehead atoms. The summed E-state index contributed by atoms with van der Waals surface area (Å²) in [6, 6.07) is 7.47. The van der Waals surface area contributed by atoms with Crippen LogP contribution in [-0.2, 0) is 6.42 Å². The Morgan fingerprint density at radius 2 is 2.05 bits per heavy atom. The van der Waals surface area contributed by atoms with Crippen LogP contribution in [0.1, 0.15) is 32.3 Å². The highest BCUT2D eigenvalue weighted by Crippen LogP contribution is 2.41. The number of hydrogen-bond donors (Lipinski definition) is 1. The number of hydrogen-bond acceptors (Lipinski definition) is 3. The maximum atomic E-state index is 10.6. The molecule has 1 aromatic carbocycles. The van der Waals surface area contributed by atoms with Gasteiger partial charge in [-0.05, 0) is 43.2 Å². The van der Waals surface area contributed by atoms with Gasteiger partial charge in [0.15, 0.2) is 0 Å². The van der Waals surface area contributed by atoms with Crippen molar-refractivity contribution in [3.63, 3.8) is 0 Å². The van der Waals surface area contributed by atoms with Crippen LogP contribution in [0, 0.1) is 22.0 Å². The Morgan fingerprint density at radius 3 is 2.53 bits per heavy atom. The van der Waals surface area contributed by atoms with Crippen LogP contribution in [0.3, 0.4) is 0 Å². The number of nitro benzene ring substituents is 1. The molecule has 104 valence electrons. The third kappa shape index (κ3) is 3.77. The summed E-state index contributed by atoms with van der Waals surface area (Å²) in [6.07, 6.45) is 3.40. The van der Waals surface area contributed by atoms with E-state index in [1.54, 1.807) is 12.1 Å². The maximum absolute atomic E-state index is 10.6. The average molecular weight is 262 g/mol. The van der Waals surface area contributed by atoms with E-state index in [-0.39, 0.29) is 10.6 Å². The Hall–Kier alpha value is -1.42. The monoisotopic (exact) mass is 262 g/mol. The van der Waals surface area contributed by atoms with Crippen LogP contribution in [0.2, 0.25) is 0 Å². The van der Waals surface area contributed by atoms with Crippen molar-refractivity contribution >= 4 is 5.69 Å². The number of nitrogens with zero attached hydrogens (tertiary/aromatic N) is 1. The zero-order chi connectivity index (χ0) is 13.8. The number of non-ortho nitro benzene ring substituents is 1. The highest BCUT2D eigenvalue weighted by atomic mass is 16.6. The summed E-state index contributed by atoms with van der Waals surface area (Å²) < 4.78 is 0. The van der Waals surface area contributed by atoms with Crippen LogP contribution >= 0.6 is 0 Å². The van der Waals surface area contributed by atoms with Crippen molar-refractivity contribution in [2.75, 3.05) is 6.54 Å². The van der Waals surface area contributed by atoms with E-state index < -0.39 is 0 Å². The van der Waals surface area contributed by atoms with Gasteiger partial charge >= 0.3 is 0 Å². The van der Waals surface area contributed by atoms with Crippen molar-refractivity contribution in [2.45, 2.75) is 39.2 Å². The van der Waals surface area contributed by atoms with Crippen molar-refractivity contribution < 1.29 is 4.92 Å². The standard InChI is InChI=1S/C15H22N2O2/c1-3-8-16-15(14-9-11(14)2)10-12-4-6-13(7-5-12)17(18)19/h4-7,11,14-16H,3,8-10H2,1-2H3. The lowest BCUT2D eigenvalue weighted by Crippen LogP contribution is -2.34. The van der Waals surface area contributed by atoms with Crippen molar-refractivity contribution in [1.29, 1.82) is 0 Å². The molecule has 1 aromatic rings. The van der Waals surface area contributed by atoms with Crippen LogP contribution in [0.5, 0.6) is 0 Å². The molecule has 0 amide bonds. The van der Waals surface area contributed by atoms with E-state index in [1.807, 2.05) is 12.1 Å². The Kier molecular flexibility index (Phi) is 4.53. The summed E-state index contributed by atoms with van der Waals surface area (Å²) >= 11 is 0. The van der Waals surface area contributed by atoms with Crippen molar-refractivity contribution in [1.82, 2.24) is 5.32 Å². The van der Waals surface area contributed by atoms with Crippen molar-refractivity contribution in [2.24, 2.45) is 11.8 Å². The average Bonchev–Trinajstić information content (AvgIpc) is 3.12. The molecule has 4 nitrogen and oxygen atoms in total. The molecule has 0 saturated heterocycles. The van der Waals surface area contributed by atoms with Gasteiger partial charge in [-0.25, -0.2) is 0 Å². The van der Waals surface area contributed by atoms with Crippen LogP contribution in [0.4, 0.5) is 5.69 Å². The van der Waals surface area contributed by atoms with Gasteiger partial charge in [-0.3, -0.25) is 10.1 Å². The highest BCUT2D eigenvalue weighted by molar-refractivity contribution is 5.33. The fourth-order valence-corrected chi connectivity index (χ4v) is 2.62. The minimum atomic E-state index is -0.348. The molecule has 0 radical (unpaired) electrons.